The standard InChI is InChI=1S/C26H33FN4O3/c27-21-10-8-20(9-11-21)26(33)31-17-22(15-24(31)25(32)29-13-12-28)30(18-23-7-4-14-34-23)16-19-5-2-1-3-6-19/h1-3,5-6,8-11,22-24H,4,7,12-18,28H2,(H,29,32). The van der Waals surface area contributed by atoms with Crippen LogP contribution in [0, 0.1) is 5.82 Å². The summed E-state index contributed by atoms with van der Waals surface area (Å²) in [6.45, 7) is 3.32. The fraction of sp³-hybridized carbons (Fsp3) is 0.462. The number of ether oxygens (including phenoxy) is 1. The summed E-state index contributed by atoms with van der Waals surface area (Å²) in [5, 5.41) is 2.84. The second kappa shape index (κ2) is 11.6. The van der Waals surface area contributed by atoms with E-state index in [0.717, 1.165) is 26.0 Å². The van der Waals surface area contributed by atoms with Gasteiger partial charge < -0.3 is 20.7 Å². The van der Waals surface area contributed by atoms with Crippen LogP contribution in [0.2, 0.25) is 0 Å². The maximum absolute atomic E-state index is 13.4. The molecule has 182 valence electrons. The lowest BCUT2D eigenvalue weighted by atomic mass is 10.1. The molecule has 0 saturated carbocycles. The average molecular weight is 469 g/mol. The van der Waals surface area contributed by atoms with Crippen molar-refractivity contribution in [2.24, 2.45) is 5.73 Å². The molecular weight excluding hydrogens is 435 g/mol. The summed E-state index contributed by atoms with van der Waals surface area (Å²) in [6, 6.07) is 15.0. The van der Waals surface area contributed by atoms with Crippen molar-refractivity contribution in [1.29, 1.82) is 0 Å². The zero-order chi connectivity index (χ0) is 23.9. The minimum atomic E-state index is -0.614. The molecular formula is C26H33FN4O3. The molecule has 34 heavy (non-hydrogen) atoms. The Hall–Kier alpha value is -2.81. The molecule has 2 aliphatic heterocycles. The lowest BCUT2D eigenvalue weighted by molar-refractivity contribution is -0.124. The van der Waals surface area contributed by atoms with Crippen molar-refractivity contribution < 1.29 is 18.7 Å². The van der Waals surface area contributed by atoms with E-state index in [0.29, 0.717) is 38.2 Å². The molecule has 0 bridgehead atoms. The lowest BCUT2D eigenvalue weighted by Crippen LogP contribution is -2.47. The molecule has 0 spiro atoms. The smallest absolute Gasteiger partial charge is 0.254 e. The number of likely N-dealkylation sites (tertiary alicyclic amines) is 1. The monoisotopic (exact) mass is 468 g/mol. The van der Waals surface area contributed by atoms with Crippen LogP contribution in [-0.4, -0.2) is 72.6 Å². The molecule has 2 heterocycles. The van der Waals surface area contributed by atoms with E-state index >= 15 is 0 Å². The predicted octanol–water partition coefficient (Wildman–Crippen LogP) is 2.16. The Kier molecular flexibility index (Phi) is 8.26. The summed E-state index contributed by atoms with van der Waals surface area (Å²) in [6.07, 6.45) is 2.72. The Morgan fingerprint density at radius 2 is 1.91 bits per heavy atom. The van der Waals surface area contributed by atoms with Crippen LogP contribution in [-0.2, 0) is 16.1 Å². The molecule has 0 aromatic heterocycles. The van der Waals surface area contributed by atoms with Gasteiger partial charge in [-0.25, -0.2) is 4.39 Å². The van der Waals surface area contributed by atoms with Gasteiger partial charge in [0.15, 0.2) is 0 Å². The Labute approximate surface area is 200 Å². The predicted molar refractivity (Wildman–Crippen MR) is 128 cm³/mol. The van der Waals surface area contributed by atoms with E-state index in [2.05, 4.69) is 22.3 Å². The summed E-state index contributed by atoms with van der Waals surface area (Å²) in [5.41, 5.74) is 7.12. The fourth-order valence-corrected chi connectivity index (χ4v) is 4.83. The van der Waals surface area contributed by atoms with Crippen LogP contribution in [0.25, 0.3) is 0 Å². The first-order valence-corrected chi connectivity index (χ1v) is 12.0. The fourth-order valence-electron chi connectivity index (χ4n) is 4.83. The highest BCUT2D eigenvalue weighted by atomic mass is 19.1. The number of nitrogens with one attached hydrogen (secondary N) is 1. The summed E-state index contributed by atoms with van der Waals surface area (Å²) < 4.78 is 19.3. The second-order valence-corrected chi connectivity index (χ2v) is 9.00. The molecule has 2 saturated heterocycles. The van der Waals surface area contributed by atoms with Gasteiger partial charge in [0.2, 0.25) is 5.91 Å². The van der Waals surface area contributed by atoms with Crippen molar-refractivity contribution in [2.45, 2.75) is 44.0 Å². The number of hydrogen-bond donors (Lipinski definition) is 2. The van der Waals surface area contributed by atoms with Crippen LogP contribution >= 0.6 is 0 Å². The zero-order valence-corrected chi connectivity index (χ0v) is 19.4. The Balaban J connectivity index is 1.57. The van der Waals surface area contributed by atoms with Crippen molar-refractivity contribution in [3.05, 3.63) is 71.5 Å². The third kappa shape index (κ3) is 6.00. The van der Waals surface area contributed by atoms with Gasteiger partial charge in [-0.3, -0.25) is 14.5 Å². The van der Waals surface area contributed by atoms with Crippen LogP contribution in [0.5, 0.6) is 0 Å². The van der Waals surface area contributed by atoms with Crippen LogP contribution in [0.3, 0.4) is 0 Å². The third-order valence-electron chi connectivity index (χ3n) is 6.58. The Morgan fingerprint density at radius 1 is 1.15 bits per heavy atom. The largest absolute Gasteiger partial charge is 0.377 e. The van der Waals surface area contributed by atoms with Gasteiger partial charge in [0, 0.05) is 50.9 Å². The SMILES string of the molecule is NCCNC(=O)C1CC(N(Cc2ccccc2)CC2CCCO2)CN1C(=O)c1ccc(F)cc1. The van der Waals surface area contributed by atoms with Crippen molar-refractivity contribution >= 4 is 11.8 Å². The topological polar surface area (TPSA) is 87.9 Å². The molecule has 2 amide bonds. The quantitative estimate of drug-likeness (QED) is 0.589. The second-order valence-electron chi connectivity index (χ2n) is 9.00. The molecule has 2 aliphatic rings. The highest BCUT2D eigenvalue weighted by Crippen LogP contribution is 2.27. The van der Waals surface area contributed by atoms with Gasteiger partial charge in [0.1, 0.15) is 11.9 Å². The van der Waals surface area contributed by atoms with E-state index in [9.17, 15) is 14.0 Å². The normalized spacial score (nSPS) is 22.3. The van der Waals surface area contributed by atoms with E-state index in [-0.39, 0.29) is 24.0 Å². The van der Waals surface area contributed by atoms with Gasteiger partial charge in [-0.1, -0.05) is 30.3 Å². The molecule has 3 unspecified atom stereocenters. The maximum atomic E-state index is 13.4. The summed E-state index contributed by atoms with van der Waals surface area (Å²) in [4.78, 5) is 30.3. The Morgan fingerprint density at radius 3 is 2.59 bits per heavy atom. The van der Waals surface area contributed by atoms with Gasteiger partial charge in [0.25, 0.3) is 5.91 Å². The minimum Gasteiger partial charge on any atom is -0.377 e. The number of amides is 2. The highest BCUT2D eigenvalue weighted by Gasteiger charge is 2.42. The Bertz CT molecular complexity index is 950. The van der Waals surface area contributed by atoms with Gasteiger partial charge in [-0.2, -0.15) is 0 Å². The number of halogens is 1. The lowest BCUT2D eigenvalue weighted by Gasteiger charge is -2.31. The number of benzene rings is 2. The maximum Gasteiger partial charge on any atom is 0.254 e. The molecule has 8 heteroatoms. The van der Waals surface area contributed by atoms with E-state index in [1.165, 1.54) is 29.8 Å². The molecule has 2 aromatic carbocycles. The first-order valence-electron chi connectivity index (χ1n) is 12.0. The van der Waals surface area contributed by atoms with E-state index < -0.39 is 11.9 Å². The van der Waals surface area contributed by atoms with E-state index in [1.54, 1.807) is 4.90 Å². The van der Waals surface area contributed by atoms with E-state index in [1.807, 2.05) is 18.2 Å². The summed E-state index contributed by atoms with van der Waals surface area (Å²) in [5.74, 6) is -0.883. The molecule has 3 N–H and O–H groups in total. The molecule has 2 aromatic rings. The van der Waals surface area contributed by atoms with Crippen molar-refractivity contribution in [1.82, 2.24) is 15.1 Å². The molecule has 4 rings (SSSR count). The molecule has 0 radical (unpaired) electrons. The van der Waals surface area contributed by atoms with Gasteiger partial charge in [-0.05, 0) is 49.1 Å². The van der Waals surface area contributed by atoms with Crippen molar-refractivity contribution in [3.63, 3.8) is 0 Å². The minimum absolute atomic E-state index is 0.0116. The summed E-state index contributed by atoms with van der Waals surface area (Å²) >= 11 is 0. The summed E-state index contributed by atoms with van der Waals surface area (Å²) in [7, 11) is 0. The highest BCUT2D eigenvalue weighted by molar-refractivity contribution is 5.98. The zero-order valence-electron chi connectivity index (χ0n) is 19.4. The average Bonchev–Trinajstić information content (AvgIpc) is 3.53. The van der Waals surface area contributed by atoms with Crippen LogP contribution in [0.1, 0.15) is 35.2 Å². The van der Waals surface area contributed by atoms with Crippen molar-refractivity contribution in [2.75, 3.05) is 32.8 Å². The molecule has 2 fully saturated rings. The number of carbonyl (C=O) groups excluding carboxylic acids is 2. The van der Waals surface area contributed by atoms with Gasteiger partial charge >= 0.3 is 0 Å². The van der Waals surface area contributed by atoms with Gasteiger partial charge in [0.05, 0.1) is 6.10 Å². The van der Waals surface area contributed by atoms with E-state index in [4.69, 9.17) is 10.5 Å². The first-order chi connectivity index (χ1) is 16.5. The number of nitrogens with two attached hydrogens (primary N) is 1. The van der Waals surface area contributed by atoms with Crippen LogP contribution in [0.4, 0.5) is 4.39 Å². The van der Waals surface area contributed by atoms with Crippen molar-refractivity contribution in [3.8, 4) is 0 Å². The molecule has 7 nitrogen and oxygen atoms in total. The van der Waals surface area contributed by atoms with Crippen LogP contribution in [0.15, 0.2) is 54.6 Å². The number of nitrogens with zero attached hydrogens (tertiary/aromatic N) is 2. The number of rotatable bonds is 9. The number of carbonyl (C=O) groups is 2. The van der Waals surface area contributed by atoms with Gasteiger partial charge in [-0.15, -0.1) is 0 Å². The third-order valence-corrected chi connectivity index (χ3v) is 6.58. The number of hydrogen-bond acceptors (Lipinski definition) is 5. The molecule has 3 atom stereocenters. The first kappa shape index (κ1) is 24.3. The van der Waals surface area contributed by atoms with Crippen LogP contribution < -0.4 is 11.1 Å². The molecule has 0 aliphatic carbocycles.